The van der Waals surface area contributed by atoms with Crippen molar-refractivity contribution < 1.29 is 14.3 Å². The van der Waals surface area contributed by atoms with Gasteiger partial charge >= 0.3 is 5.97 Å². The van der Waals surface area contributed by atoms with Gasteiger partial charge < -0.3 is 10.5 Å². The fourth-order valence-electron chi connectivity index (χ4n) is 4.28. The highest BCUT2D eigenvalue weighted by atomic mass is 32.2. The number of benzene rings is 1. The number of fused-ring (bicyclic) bond motifs is 2. The summed E-state index contributed by atoms with van der Waals surface area (Å²) in [5, 5.41) is 10.7. The molecule has 2 aromatic rings. The van der Waals surface area contributed by atoms with E-state index in [0.29, 0.717) is 16.3 Å². The highest BCUT2D eigenvalue weighted by Gasteiger charge is 2.43. The summed E-state index contributed by atoms with van der Waals surface area (Å²) in [7, 11) is 0. The summed E-state index contributed by atoms with van der Waals surface area (Å²) >= 11 is 1.38. The third-order valence-electron chi connectivity index (χ3n) is 5.82. The van der Waals surface area contributed by atoms with Gasteiger partial charge in [-0.3, -0.25) is 9.69 Å². The van der Waals surface area contributed by atoms with Crippen LogP contribution in [0.25, 0.3) is 0 Å². The van der Waals surface area contributed by atoms with Gasteiger partial charge in [-0.1, -0.05) is 49.0 Å². The Morgan fingerprint density at radius 1 is 1.33 bits per heavy atom. The number of hydrogen-bond donors (Lipinski definition) is 1. The van der Waals surface area contributed by atoms with Crippen molar-refractivity contribution in [3.05, 3.63) is 81.4 Å². The number of nitrogens with two attached hydrogens (primary N) is 1. The largest absolute Gasteiger partial charge is 0.463 e. The highest BCUT2D eigenvalue weighted by Crippen LogP contribution is 2.45. The van der Waals surface area contributed by atoms with Crippen LogP contribution >= 0.6 is 11.8 Å². The summed E-state index contributed by atoms with van der Waals surface area (Å²) < 4.78 is 5.39. The van der Waals surface area contributed by atoms with E-state index in [4.69, 9.17) is 15.5 Å². The molecule has 2 N–H and O–H groups in total. The Morgan fingerprint density at radius 3 is 2.70 bits per heavy atom. The average molecular weight is 461 g/mol. The van der Waals surface area contributed by atoms with Gasteiger partial charge in [0.15, 0.2) is 0 Å². The van der Waals surface area contributed by atoms with E-state index in [2.05, 4.69) is 6.07 Å². The number of aryl methyl sites for hydroxylation is 2. The SMILES string of the molecule is CCOC(=O)C1=C2CSc3nc(CC)c(C)cc3C(=O)N2C(N)=C(C#N)C1c1ccccc1. The van der Waals surface area contributed by atoms with Gasteiger partial charge in [-0.2, -0.15) is 5.26 Å². The molecule has 0 radical (unpaired) electrons. The molecule has 0 bridgehead atoms. The summed E-state index contributed by atoms with van der Waals surface area (Å²) in [6.45, 7) is 5.82. The molecular formula is C25H24N4O3S. The lowest BCUT2D eigenvalue weighted by Crippen LogP contribution is -2.41. The Labute approximate surface area is 196 Å². The lowest BCUT2D eigenvalue weighted by Gasteiger charge is -2.35. The number of pyridine rings is 1. The van der Waals surface area contributed by atoms with Crippen molar-refractivity contribution in [2.75, 3.05) is 12.4 Å². The molecule has 0 fully saturated rings. The molecule has 1 aromatic carbocycles. The Kier molecular flexibility index (Phi) is 6.25. The van der Waals surface area contributed by atoms with Crippen LogP contribution in [-0.4, -0.2) is 34.1 Å². The second kappa shape index (κ2) is 9.12. The number of aromatic nitrogens is 1. The van der Waals surface area contributed by atoms with Crippen LogP contribution in [-0.2, 0) is 16.0 Å². The van der Waals surface area contributed by atoms with Gasteiger partial charge in [-0.05, 0) is 37.5 Å². The Hall–Kier alpha value is -3.57. The molecule has 2 aliphatic heterocycles. The van der Waals surface area contributed by atoms with Gasteiger partial charge in [0.2, 0.25) is 0 Å². The number of rotatable bonds is 4. The molecule has 1 aromatic heterocycles. The number of amides is 1. The average Bonchev–Trinajstić information content (AvgIpc) is 2.95. The van der Waals surface area contributed by atoms with Gasteiger partial charge in [0.1, 0.15) is 10.8 Å². The van der Waals surface area contributed by atoms with E-state index in [1.165, 1.54) is 16.7 Å². The monoisotopic (exact) mass is 460 g/mol. The third kappa shape index (κ3) is 3.79. The maximum absolute atomic E-state index is 13.7. The van der Waals surface area contributed by atoms with Crippen molar-refractivity contribution in [1.29, 1.82) is 5.26 Å². The summed E-state index contributed by atoms with van der Waals surface area (Å²) in [6, 6.07) is 13.2. The molecule has 4 rings (SSSR count). The zero-order chi connectivity index (χ0) is 23.7. The van der Waals surface area contributed by atoms with E-state index in [-0.39, 0.29) is 29.3 Å². The Bertz CT molecular complexity index is 1240. The molecule has 168 valence electrons. The zero-order valence-corrected chi connectivity index (χ0v) is 19.5. The van der Waals surface area contributed by atoms with Crippen LogP contribution in [0, 0.1) is 18.3 Å². The Morgan fingerprint density at radius 2 is 2.06 bits per heavy atom. The molecule has 1 unspecified atom stereocenters. The summed E-state index contributed by atoms with van der Waals surface area (Å²) in [5.41, 5.74) is 10.3. The maximum atomic E-state index is 13.7. The van der Waals surface area contributed by atoms with Gasteiger partial charge in [0, 0.05) is 17.1 Å². The molecule has 8 heteroatoms. The minimum atomic E-state index is -0.725. The standard InChI is InChI=1S/C25H24N4O3S/c1-4-18-14(3)11-16-23(28-18)33-13-19-21(25(31)32-5-2)20(15-9-7-6-8-10-15)17(12-26)22(27)29(19)24(16)30/h6-11,20H,4-5,13,27H2,1-3H3. The maximum Gasteiger partial charge on any atom is 0.336 e. The first kappa shape index (κ1) is 22.6. The second-order valence-electron chi connectivity index (χ2n) is 7.72. The van der Waals surface area contributed by atoms with E-state index >= 15 is 0 Å². The first-order valence-corrected chi connectivity index (χ1v) is 11.7. The molecule has 0 saturated heterocycles. The molecular weight excluding hydrogens is 436 g/mol. The van der Waals surface area contributed by atoms with Crippen molar-refractivity contribution in [2.24, 2.45) is 5.73 Å². The van der Waals surface area contributed by atoms with E-state index in [1.54, 1.807) is 6.92 Å². The van der Waals surface area contributed by atoms with Crippen LogP contribution in [0.5, 0.6) is 0 Å². The van der Waals surface area contributed by atoms with E-state index in [1.807, 2.05) is 50.2 Å². The number of thioether (sulfide) groups is 1. The number of carbonyl (C=O) groups excluding carboxylic acids is 2. The van der Waals surface area contributed by atoms with Crippen LogP contribution in [0.2, 0.25) is 0 Å². The fourth-order valence-corrected chi connectivity index (χ4v) is 5.31. The van der Waals surface area contributed by atoms with Crippen molar-refractivity contribution in [2.45, 2.75) is 38.1 Å². The smallest absolute Gasteiger partial charge is 0.336 e. The quantitative estimate of drug-likeness (QED) is 0.691. The lowest BCUT2D eigenvalue weighted by atomic mass is 9.81. The molecule has 7 nitrogen and oxygen atoms in total. The van der Waals surface area contributed by atoms with Crippen LogP contribution in [0.1, 0.15) is 46.9 Å². The van der Waals surface area contributed by atoms with Crippen molar-refractivity contribution >= 4 is 23.6 Å². The number of ether oxygens (including phenoxy) is 1. The van der Waals surface area contributed by atoms with Gasteiger partial charge in [-0.15, -0.1) is 0 Å². The number of allylic oxidation sites excluding steroid dienone is 1. The van der Waals surface area contributed by atoms with Gasteiger partial charge in [0.25, 0.3) is 5.91 Å². The van der Waals surface area contributed by atoms with Crippen molar-refractivity contribution in [1.82, 2.24) is 9.88 Å². The summed E-state index contributed by atoms with van der Waals surface area (Å²) in [6.07, 6.45) is 0.741. The number of nitriles is 1. The molecule has 2 aliphatic rings. The molecule has 3 heterocycles. The molecule has 33 heavy (non-hydrogen) atoms. The third-order valence-corrected chi connectivity index (χ3v) is 6.82. The number of hydrogen-bond acceptors (Lipinski definition) is 7. The van der Waals surface area contributed by atoms with Gasteiger partial charge in [-0.25, -0.2) is 9.78 Å². The molecule has 0 aliphatic carbocycles. The summed E-state index contributed by atoms with van der Waals surface area (Å²) in [4.78, 5) is 33.0. The zero-order valence-electron chi connectivity index (χ0n) is 18.7. The first-order chi connectivity index (χ1) is 15.9. The topological polar surface area (TPSA) is 109 Å². The normalized spacial score (nSPS) is 17.8. The second-order valence-corrected chi connectivity index (χ2v) is 8.69. The minimum Gasteiger partial charge on any atom is -0.463 e. The molecule has 1 amide bonds. The minimum absolute atomic E-state index is 0.0325. The van der Waals surface area contributed by atoms with Crippen LogP contribution < -0.4 is 5.73 Å². The lowest BCUT2D eigenvalue weighted by molar-refractivity contribution is -0.138. The van der Waals surface area contributed by atoms with E-state index in [0.717, 1.165) is 23.2 Å². The van der Waals surface area contributed by atoms with Crippen molar-refractivity contribution in [3.8, 4) is 6.07 Å². The van der Waals surface area contributed by atoms with Crippen LogP contribution in [0.15, 0.2) is 64.1 Å². The van der Waals surface area contributed by atoms with Crippen molar-refractivity contribution in [3.63, 3.8) is 0 Å². The van der Waals surface area contributed by atoms with E-state index < -0.39 is 17.8 Å². The fraction of sp³-hybridized carbons (Fsp3) is 0.280. The predicted octanol–water partition coefficient (Wildman–Crippen LogP) is 3.81. The number of esters is 1. The molecule has 0 saturated carbocycles. The number of carbonyl (C=O) groups is 2. The molecule has 0 spiro atoms. The Balaban J connectivity index is 1.98. The number of nitrogens with zero attached hydrogens (tertiary/aromatic N) is 3. The van der Waals surface area contributed by atoms with Crippen LogP contribution in [0.3, 0.4) is 0 Å². The first-order valence-electron chi connectivity index (χ1n) is 10.7. The summed E-state index contributed by atoms with van der Waals surface area (Å²) in [5.74, 6) is -1.37. The molecule has 1 atom stereocenters. The van der Waals surface area contributed by atoms with E-state index in [9.17, 15) is 14.9 Å². The predicted molar refractivity (Wildman–Crippen MR) is 125 cm³/mol. The highest BCUT2D eigenvalue weighted by molar-refractivity contribution is 7.99. The van der Waals surface area contributed by atoms with Crippen LogP contribution in [0.4, 0.5) is 0 Å². The van der Waals surface area contributed by atoms with Gasteiger partial charge in [0.05, 0.1) is 35.3 Å².